The van der Waals surface area contributed by atoms with Crippen LogP contribution in [0.4, 0.5) is 20.2 Å². The molecule has 0 atom stereocenters. The van der Waals surface area contributed by atoms with Crippen molar-refractivity contribution in [3.8, 4) is 11.5 Å². The lowest BCUT2D eigenvalue weighted by atomic mass is 10.2. The van der Waals surface area contributed by atoms with E-state index in [0.29, 0.717) is 12.1 Å². The predicted octanol–water partition coefficient (Wildman–Crippen LogP) is 2.64. The van der Waals surface area contributed by atoms with Crippen molar-refractivity contribution >= 4 is 11.4 Å². The van der Waals surface area contributed by atoms with Crippen molar-refractivity contribution in [2.75, 3.05) is 5.73 Å². The largest absolute Gasteiger partial charge is 0.452 e. The SMILES string of the molecule is Nc1cncc(Oc2cc(F)c([N+](=O)[O-])cc2F)c1. The van der Waals surface area contributed by atoms with Gasteiger partial charge in [0.2, 0.25) is 5.82 Å². The topological polar surface area (TPSA) is 91.3 Å². The van der Waals surface area contributed by atoms with E-state index < -0.39 is 28.0 Å². The van der Waals surface area contributed by atoms with Gasteiger partial charge >= 0.3 is 5.69 Å². The Balaban J connectivity index is 2.36. The Hall–Kier alpha value is -2.77. The van der Waals surface area contributed by atoms with Crippen molar-refractivity contribution in [3.05, 3.63) is 52.3 Å². The summed E-state index contributed by atoms with van der Waals surface area (Å²) in [6.45, 7) is 0. The van der Waals surface area contributed by atoms with Gasteiger partial charge in [0, 0.05) is 12.1 Å². The van der Waals surface area contributed by atoms with Crippen LogP contribution in [0.15, 0.2) is 30.6 Å². The molecular weight excluding hydrogens is 260 g/mol. The second kappa shape index (κ2) is 4.84. The maximum atomic E-state index is 13.5. The minimum absolute atomic E-state index is 0.0900. The standard InChI is InChI=1S/C11H7F2N3O3/c12-8-3-11(9(13)2-10(8)16(17)18)19-7-1-6(14)4-15-5-7/h1-5H,14H2. The number of rotatable bonds is 3. The number of aromatic nitrogens is 1. The highest BCUT2D eigenvalue weighted by Gasteiger charge is 2.19. The molecule has 0 saturated heterocycles. The van der Waals surface area contributed by atoms with Gasteiger partial charge in [-0.3, -0.25) is 15.1 Å². The third-order valence-electron chi connectivity index (χ3n) is 2.16. The summed E-state index contributed by atoms with van der Waals surface area (Å²) in [6, 6.07) is 2.40. The number of pyridine rings is 1. The first-order valence-corrected chi connectivity index (χ1v) is 4.99. The summed E-state index contributed by atoms with van der Waals surface area (Å²) in [7, 11) is 0. The summed E-state index contributed by atoms with van der Waals surface area (Å²) in [6.07, 6.45) is 2.59. The molecule has 2 aromatic rings. The Kier molecular flexibility index (Phi) is 3.23. The van der Waals surface area contributed by atoms with Crippen LogP contribution in [0, 0.1) is 21.7 Å². The molecule has 0 fully saturated rings. The van der Waals surface area contributed by atoms with E-state index in [9.17, 15) is 18.9 Å². The van der Waals surface area contributed by atoms with Crippen molar-refractivity contribution in [3.63, 3.8) is 0 Å². The maximum absolute atomic E-state index is 13.5. The van der Waals surface area contributed by atoms with Crippen LogP contribution in [0.5, 0.6) is 11.5 Å². The van der Waals surface area contributed by atoms with Crippen molar-refractivity contribution in [1.82, 2.24) is 4.98 Å². The highest BCUT2D eigenvalue weighted by atomic mass is 19.1. The molecule has 19 heavy (non-hydrogen) atoms. The molecule has 6 nitrogen and oxygen atoms in total. The Morgan fingerprint density at radius 2 is 1.95 bits per heavy atom. The fourth-order valence-electron chi connectivity index (χ4n) is 1.35. The third-order valence-corrected chi connectivity index (χ3v) is 2.16. The number of hydrogen-bond acceptors (Lipinski definition) is 5. The molecular formula is C11H7F2N3O3. The van der Waals surface area contributed by atoms with E-state index in [1.54, 1.807) is 0 Å². The normalized spacial score (nSPS) is 10.2. The molecule has 0 spiro atoms. The van der Waals surface area contributed by atoms with Gasteiger partial charge < -0.3 is 10.5 Å². The molecule has 0 amide bonds. The van der Waals surface area contributed by atoms with Crippen molar-refractivity contribution in [1.29, 1.82) is 0 Å². The summed E-state index contributed by atoms with van der Waals surface area (Å²) in [5.74, 6) is -2.66. The third kappa shape index (κ3) is 2.73. The first kappa shape index (κ1) is 12.7. The monoisotopic (exact) mass is 267 g/mol. The van der Waals surface area contributed by atoms with Gasteiger partial charge in [0.15, 0.2) is 11.6 Å². The minimum Gasteiger partial charge on any atom is -0.452 e. The quantitative estimate of drug-likeness (QED) is 0.681. The number of nitrogens with two attached hydrogens (primary N) is 1. The zero-order chi connectivity index (χ0) is 14.0. The first-order chi connectivity index (χ1) is 8.97. The average Bonchev–Trinajstić information content (AvgIpc) is 2.33. The van der Waals surface area contributed by atoms with E-state index in [4.69, 9.17) is 10.5 Å². The second-order valence-corrected chi connectivity index (χ2v) is 3.55. The maximum Gasteiger partial charge on any atom is 0.307 e. The molecule has 0 aliphatic rings. The fourth-order valence-corrected chi connectivity index (χ4v) is 1.35. The van der Waals surface area contributed by atoms with Crippen LogP contribution < -0.4 is 10.5 Å². The number of benzene rings is 1. The van der Waals surface area contributed by atoms with Gasteiger partial charge in [0.05, 0.1) is 29.1 Å². The Morgan fingerprint density at radius 3 is 2.58 bits per heavy atom. The van der Waals surface area contributed by atoms with E-state index in [1.165, 1.54) is 18.5 Å². The number of anilines is 1. The Bertz CT molecular complexity index is 649. The lowest BCUT2D eigenvalue weighted by molar-refractivity contribution is -0.387. The van der Waals surface area contributed by atoms with E-state index in [0.717, 1.165) is 0 Å². The van der Waals surface area contributed by atoms with Crippen LogP contribution in [0.2, 0.25) is 0 Å². The van der Waals surface area contributed by atoms with Gasteiger partial charge in [-0.25, -0.2) is 4.39 Å². The Labute approximate surface area is 105 Å². The summed E-state index contributed by atoms with van der Waals surface area (Å²) >= 11 is 0. The smallest absolute Gasteiger partial charge is 0.307 e. The summed E-state index contributed by atoms with van der Waals surface area (Å²) in [5.41, 5.74) is 4.76. The summed E-state index contributed by atoms with van der Waals surface area (Å²) < 4.78 is 31.9. The van der Waals surface area contributed by atoms with Crippen molar-refractivity contribution in [2.24, 2.45) is 0 Å². The fraction of sp³-hybridized carbons (Fsp3) is 0. The zero-order valence-electron chi connectivity index (χ0n) is 9.34. The molecule has 0 radical (unpaired) electrons. The molecule has 2 rings (SSSR count). The molecule has 1 aromatic carbocycles. The molecule has 98 valence electrons. The second-order valence-electron chi connectivity index (χ2n) is 3.55. The number of nitrogens with zero attached hydrogens (tertiary/aromatic N) is 2. The van der Waals surface area contributed by atoms with Gasteiger partial charge in [-0.05, 0) is 0 Å². The van der Waals surface area contributed by atoms with Crippen LogP contribution in [-0.2, 0) is 0 Å². The highest BCUT2D eigenvalue weighted by Crippen LogP contribution is 2.30. The number of ether oxygens (including phenoxy) is 1. The van der Waals surface area contributed by atoms with Gasteiger partial charge in [-0.1, -0.05) is 0 Å². The summed E-state index contributed by atoms with van der Waals surface area (Å²) in [4.78, 5) is 13.1. The van der Waals surface area contributed by atoms with Gasteiger partial charge in [-0.2, -0.15) is 4.39 Å². The molecule has 0 aliphatic carbocycles. The van der Waals surface area contributed by atoms with Crippen LogP contribution in [0.1, 0.15) is 0 Å². The van der Waals surface area contributed by atoms with E-state index in [-0.39, 0.29) is 11.4 Å². The number of halogens is 2. The van der Waals surface area contributed by atoms with Crippen LogP contribution in [0.25, 0.3) is 0 Å². The number of hydrogen-bond donors (Lipinski definition) is 1. The molecule has 8 heteroatoms. The van der Waals surface area contributed by atoms with Gasteiger partial charge in [-0.15, -0.1) is 0 Å². The van der Waals surface area contributed by atoms with Gasteiger partial charge in [0.25, 0.3) is 0 Å². The highest BCUT2D eigenvalue weighted by molar-refractivity contribution is 5.44. The number of nitro groups is 1. The molecule has 0 unspecified atom stereocenters. The lowest BCUT2D eigenvalue weighted by Crippen LogP contribution is -1.97. The molecule has 1 aromatic heterocycles. The molecule has 0 aliphatic heterocycles. The van der Waals surface area contributed by atoms with Crippen LogP contribution in [0.3, 0.4) is 0 Å². The predicted molar refractivity (Wildman–Crippen MR) is 61.7 cm³/mol. The van der Waals surface area contributed by atoms with E-state index >= 15 is 0 Å². The molecule has 2 N–H and O–H groups in total. The summed E-state index contributed by atoms with van der Waals surface area (Å²) in [5, 5.41) is 10.4. The number of nitro benzene ring substituents is 1. The zero-order valence-corrected chi connectivity index (χ0v) is 9.34. The Morgan fingerprint density at radius 1 is 1.21 bits per heavy atom. The van der Waals surface area contributed by atoms with Crippen LogP contribution >= 0.6 is 0 Å². The minimum atomic E-state index is -1.20. The van der Waals surface area contributed by atoms with E-state index in [2.05, 4.69) is 4.98 Å². The van der Waals surface area contributed by atoms with Crippen molar-refractivity contribution in [2.45, 2.75) is 0 Å². The van der Waals surface area contributed by atoms with Gasteiger partial charge in [0.1, 0.15) is 5.75 Å². The number of nitrogen functional groups attached to an aromatic ring is 1. The molecule has 0 bridgehead atoms. The van der Waals surface area contributed by atoms with E-state index in [1.807, 2.05) is 0 Å². The van der Waals surface area contributed by atoms with Crippen LogP contribution in [-0.4, -0.2) is 9.91 Å². The average molecular weight is 267 g/mol. The molecule has 0 saturated carbocycles. The lowest BCUT2D eigenvalue weighted by Gasteiger charge is -2.07. The van der Waals surface area contributed by atoms with Crippen molar-refractivity contribution < 1.29 is 18.4 Å². The first-order valence-electron chi connectivity index (χ1n) is 4.99. The molecule has 1 heterocycles.